The number of nitrogens with two attached hydrogens (primary N) is 1. The number of amides is 3. The minimum absolute atomic E-state index is 0.0867. The number of hydrazone groups is 1. The summed E-state index contributed by atoms with van der Waals surface area (Å²) in [6.45, 7) is 3.47. The number of nitrogens with one attached hydrogen (secondary N) is 2. The lowest BCUT2D eigenvalue weighted by molar-refractivity contribution is -0.139. The number of nitrogens with zero attached hydrogens (tertiary/aromatic N) is 1. The van der Waals surface area contributed by atoms with E-state index in [0.717, 1.165) is 6.42 Å². The van der Waals surface area contributed by atoms with Crippen LogP contribution in [-0.4, -0.2) is 36.6 Å². The van der Waals surface area contributed by atoms with Crippen LogP contribution >= 0.6 is 0 Å². The van der Waals surface area contributed by atoms with Gasteiger partial charge >= 0.3 is 11.8 Å². The van der Waals surface area contributed by atoms with Gasteiger partial charge in [0.1, 0.15) is 5.75 Å². The molecule has 1 aromatic carbocycles. The summed E-state index contributed by atoms with van der Waals surface area (Å²) in [5.74, 6) is -1.73. The van der Waals surface area contributed by atoms with Crippen molar-refractivity contribution in [2.75, 3.05) is 6.61 Å². The van der Waals surface area contributed by atoms with Gasteiger partial charge in [-0.3, -0.25) is 14.4 Å². The molecule has 0 fully saturated rings. The molecule has 3 amide bonds. The van der Waals surface area contributed by atoms with Crippen molar-refractivity contribution in [3.05, 3.63) is 29.8 Å². The highest BCUT2D eigenvalue weighted by Crippen LogP contribution is 2.11. The van der Waals surface area contributed by atoms with E-state index in [4.69, 9.17) is 10.5 Å². The summed E-state index contributed by atoms with van der Waals surface area (Å²) in [6, 6.07) is 6.58. The third-order valence-corrected chi connectivity index (χ3v) is 2.81. The summed E-state index contributed by atoms with van der Waals surface area (Å²) >= 11 is 0. The molecule has 0 aromatic heterocycles. The Bertz CT molecular complexity index is 601. The first-order valence-electron chi connectivity index (χ1n) is 7.07. The summed E-state index contributed by atoms with van der Waals surface area (Å²) in [5.41, 5.74) is 7.74. The lowest BCUT2D eigenvalue weighted by atomic mass is 10.2. The van der Waals surface area contributed by atoms with Gasteiger partial charge in [-0.05, 0) is 31.0 Å². The molecule has 0 saturated heterocycles. The normalized spacial score (nSPS) is 11.7. The number of carbonyl (C=O) groups is 3. The van der Waals surface area contributed by atoms with Gasteiger partial charge in [-0.25, -0.2) is 5.43 Å². The van der Waals surface area contributed by atoms with Crippen LogP contribution in [0, 0.1) is 0 Å². The summed E-state index contributed by atoms with van der Waals surface area (Å²) < 4.78 is 5.14. The van der Waals surface area contributed by atoms with E-state index in [0.29, 0.717) is 11.3 Å². The highest BCUT2D eigenvalue weighted by atomic mass is 16.5. The van der Waals surface area contributed by atoms with Gasteiger partial charge in [-0.1, -0.05) is 19.1 Å². The van der Waals surface area contributed by atoms with Gasteiger partial charge in [-0.15, -0.1) is 0 Å². The average Bonchev–Trinajstić information content (AvgIpc) is 2.53. The summed E-state index contributed by atoms with van der Waals surface area (Å²) in [7, 11) is 0. The molecular weight excluding hydrogens is 300 g/mol. The van der Waals surface area contributed by atoms with Gasteiger partial charge < -0.3 is 15.8 Å². The first-order valence-corrected chi connectivity index (χ1v) is 7.07. The maximum atomic E-state index is 11.5. The molecule has 0 saturated carbocycles. The van der Waals surface area contributed by atoms with Crippen LogP contribution in [0.15, 0.2) is 29.4 Å². The van der Waals surface area contributed by atoms with E-state index in [1.165, 1.54) is 6.21 Å². The van der Waals surface area contributed by atoms with Crippen LogP contribution in [-0.2, 0) is 14.4 Å². The Labute approximate surface area is 134 Å². The van der Waals surface area contributed by atoms with E-state index in [1.54, 1.807) is 31.2 Å². The van der Waals surface area contributed by atoms with Crippen LogP contribution in [0.3, 0.4) is 0 Å². The lowest BCUT2D eigenvalue weighted by Crippen LogP contribution is -2.41. The maximum Gasteiger partial charge on any atom is 0.329 e. The predicted molar refractivity (Wildman–Crippen MR) is 84.8 cm³/mol. The van der Waals surface area contributed by atoms with Crippen LogP contribution in [0.1, 0.15) is 25.8 Å². The quantitative estimate of drug-likeness (QED) is 0.369. The molecule has 0 bridgehead atoms. The lowest BCUT2D eigenvalue weighted by Gasteiger charge is -2.09. The molecule has 0 heterocycles. The Morgan fingerprint density at radius 1 is 1.35 bits per heavy atom. The second-order valence-corrected chi connectivity index (χ2v) is 4.81. The van der Waals surface area contributed by atoms with Crippen LogP contribution in [0.25, 0.3) is 0 Å². The molecule has 124 valence electrons. The summed E-state index contributed by atoms with van der Waals surface area (Å²) in [6.07, 6.45) is 2.08. The summed E-state index contributed by atoms with van der Waals surface area (Å²) in [4.78, 5) is 33.7. The first kappa shape index (κ1) is 18.1. The molecule has 1 aromatic rings. The fraction of sp³-hybridized carbons (Fsp3) is 0.333. The standard InChI is InChI=1S/C15H20N4O4/c1-3-10(2)18-14(21)15(22)19-17-8-11-5-4-6-12(7-11)23-9-13(16)20/h4-8,10H,3,9H2,1-2H3,(H2,16,20)(H,18,21)(H,19,22)/b17-8-/t10-/m0/s1. The van der Waals surface area contributed by atoms with Gasteiger partial charge in [0.2, 0.25) is 0 Å². The number of rotatable bonds is 7. The monoisotopic (exact) mass is 320 g/mol. The van der Waals surface area contributed by atoms with Crippen molar-refractivity contribution in [3.63, 3.8) is 0 Å². The molecule has 0 aliphatic carbocycles. The van der Waals surface area contributed by atoms with Crippen molar-refractivity contribution in [2.45, 2.75) is 26.3 Å². The van der Waals surface area contributed by atoms with E-state index in [9.17, 15) is 14.4 Å². The van der Waals surface area contributed by atoms with E-state index >= 15 is 0 Å². The van der Waals surface area contributed by atoms with Crippen molar-refractivity contribution in [3.8, 4) is 5.75 Å². The van der Waals surface area contributed by atoms with Crippen molar-refractivity contribution >= 4 is 23.9 Å². The first-order chi connectivity index (χ1) is 10.9. The van der Waals surface area contributed by atoms with Crippen molar-refractivity contribution in [1.82, 2.24) is 10.7 Å². The smallest absolute Gasteiger partial charge is 0.329 e. The van der Waals surface area contributed by atoms with E-state index in [1.807, 2.05) is 6.92 Å². The molecule has 23 heavy (non-hydrogen) atoms. The van der Waals surface area contributed by atoms with Crippen LogP contribution in [0.5, 0.6) is 5.75 Å². The van der Waals surface area contributed by atoms with Gasteiger partial charge in [0.05, 0.1) is 6.21 Å². The molecule has 1 atom stereocenters. The number of ether oxygens (including phenoxy) is 1. The van der Waals surface area contributed by atoms with E-state index in [-0.39, 0.29) is 12.6 Å². The zero-order valence-corrected chi connectivity index (χ0v) is 13.0. The molecule has 0 spiro atoms. The highest BCUT2D eigenvalue weighted by Gasteiger charge is 2.14. The fourth-order valence-corrected chi connectivity index (χ4v) is 1.45. The number of hydrogen-bond acceptors (Lipinski definition) is 5. The third kappa shape index (κ3) is 7.07. The molecule has 8 heteroatoms. The molecule has 0 aliphatic rings. The maximum absolute atomic E-state index is 11.5. The van der Waals surface area contributed by atoms with Gasteiger partial charge in [0.25, 0.3) is 5.91 Å². The number of benzene rings is 1. The molecule has 0 unspecified atom stereocenters. The minimum atomic E-state index is -0.845. The molecule has 8 nitrogen and oxygen atoms in total. The molecule has 0 aliphatic heterocycles. The second kappa shape index (κ2) is 9.19. The number of primary amides is 1. The van der Waals surface area contributed by atoms with E-state index in [2.05, 4.69) is 15.8 Å². The Morgan fingerprint density at radius 2 is 2.09 bits per heavy atom. The largest absolute Gasteiger partial charge is 0.484 e. The zero-order chi connectivity index (χ0) is 17.2. The van der Waals surface area contributed by atoms with Gasteiger partial charge in [-0.2, -0.15) is 5.10 Å². The summed E-state index contributed by atoms with van der Waals surface area (Å²) in [5, 5.41) is 6.23. The highest BCUT2D eigenvalue weighted by molar-refractivity contribution is 6.35. The fourth-order valence-electron chi connectivity index (χ4n) is 1.45. The van der Waals surface area contributed by atoms with Crippen LogP contribution in [0.2, 0.25) is 0 Å². The van der Waals surface area contributed by atoms with Gasteiger partial charge in [0, 0.05) is 6.04 Å². The van der Waals surface area contributed by atoms with Crippen molar-refractivity contribution < 1.29 is 19.1 Å². The Kier molecular flexibility index (Phi) is 7.25. The molecule has 1 rings (SSSR count). The van der Waals surface area contributed by atoms with Crippen molar-refractivity contribution in [1.29, 1.82) is 0 Å². The van der Waals surface area contributed by atoms with Crippen molar-refractivity contribution in [2.24, 2.45) is 10.8 Å². The SMILES string of the molecule is CC[C@H](C)NC(=O)C(=O)N/N=C\c1cccc(OCC(N)=O)c1. The predicted octanol–water partition coefficient (Wildman–Crippen LogP) is -0.0845. The van der Waals surface area contributed by atoms with Crippen LogP contribution in [0.4, 0.5) is 0 Å². The Morgan fingerprint density at radius 3 is 2.74 bits per heavy atom. The Balaban J connectivity index is 2.54. The molecular formula is C15H20N4O4. The number of hydrogen-bond donors (Lipinski definition) is 3. The third-order valence-electron chi connectivity index (χ3n) is 2.81. The zero-order valence-electron chi connectivity index (χ0n) is 13.0. The molecule has 4 N–H and O–H groups in total. The minimum Gasteiger partial charge on any atom is -0.484 e. The van der Waals surface area contributed by atoms with E-state index < -0.39 is 17.7 Å². The van der Waals surface area contributed by atoms with Gasteiger partial charge in [0.15, 0.2) is 6.61 Å². The molecule has 0 radical (unpaired) electrons. The Hall–Kier alpha value is -2.90. The second-order valence-electron chi connectivity index (χ2n) is 4.81. The van der Waals surface area contributed by atoms with Crippen LogP contribution < -0.4 is 21.2 Å². The average molecular weight is 320 g/mol. The topological polar surface area (TPSA) is 123 Å². The number of carbonyl (C=O) groups excluding carboxylic acids is 3.